The number of hydrogen-bond donors (Lipinski definition) is 4. The number of carbonyl (C=O) groups excluding carboxylic acids is 2. The maximum atomic E-state index is 13.9. The van der Waals surface area contributed by atoms with Crippen molar-refractivity contribution in [2.45, 2.75) is 51.4 Å². The third kappa shape index (κ3) is 10.6. The Hall–Kier alpha value is -4.71. The topological polar surface area (TPSA) is 137 Å². The molecule has 260 valence electrons. The van der Waals surface area contributed by atoms with Gasteiger partial charge >= 0.3 is 0 Å². The van der Waals surface area contributed by atoms with Crippen LogP contribution >= 0.6 is 0 Å². The van der Waals surface area contributed by atoms with E-state index in [4.69, 9.17) is 4.74 Å². The van der Waals surface area contributed by atoms with E-state index in [1.165, 1.54) is 25.1 Å². The summed E-state index contributed by atoms with van der Waals surface area (Å²) >= 11 is 0. The highest BCUT2D eigenvalue weighted by molar-refractivity contribution is 7.92. The van der Waals surface area contributed by atoms with Gasteiger partial charge in [0.1, 0.15) is 5.75 Å². The zero-order chi connectivity index (χ0) is 35.6. The third-order valence-electron chi connectivity index (χ3n) is 8.55. The van der Waals surface area contributed by atoms with Crippen LogP contribution < -0.4 is 20.1 Å². The normalized spacial score (nSPS) is 13.9. The Kier molecular flexibility index (Phi) is 13.0. The van der Waals surface area contributed by atoms with Crippen LogP contribution in [-0.2, 0) is 16.4 Å². The highest BCUT2D eigenvalue weighted by atomic mass is 32.2. The third-order valence-corrected chi connectivity index (χ3v) is 9.86. The van der Waals surface area contributed by atoms with Crippen LogP contribution in [0.4, 0.5) is 5.69 Å². The zero-order valence-electron chi connectivity index (χ0n) is 28.6. The summed E-state index contributed by atoms with van der Waals surface area (Å²) in [4.78, 5) is 29.5. The summed E-state index contributed by atoms with van der Waals surface area (Å²) < 4.78 is 32.8. The van der Waals surface area contributed by atoms with Gasteiger partial charge in [-0.2, -0.15) is 0 Å². The molecule has 0 aromatic heterocycles. The number of rotatable bonds is 16. The molecule has 10 nitrogen and oxygen atoms in total. The molecule has 0 saturated heterocycles. The van der Waals surface area contributed by atoms with Gasteiger partial charge in [0.05, 0.1) is 36.7 Å². The number of aliphatic hydroxyl groups is 1. The first-order chi connectivity index (χ1) is 23.4. The summed E-state index contributed by atoms with van der Waals surface area (Å²) in [6, 6.07) is 29.9. The quantitative estimate of drug-likeness (QED) is 0.125. The second kappa shape index (κ2) is 17.1. The lowest BCUT2D eigenvalue weighted by molar-refractivity contribution is 0.0656. The predicted octanol–water partition coefficient (Wildman–Crippen LogP) is 5.34. The van der Waals surface area contributed by atoms with Crippen molar-refractivity contribution in [1.82, 2.24) is 15.5 Å². The Morgan fingerprint density at radius 3 is 2.02 bits per heavy atom. The van der Waals surface area contributed by atoms with Gasteiger partial charge in [0, 0.05) is 23.7 Å². The Balaban J connectivity index is 1.61. The highest BCUT2D eigenvalue weighted by Crippen LogP contribution is 2.23. The summed E-state index contributed by atoms with van der Waals surface area (Å²) in [5.74, 6) is -0.620. The molecule has 4 aromatic carbocycles. The Morgan fingerprint density at radius 2 is 1.41 bits per heavy atom. The van der Waals surface area contributed by atoms with Crippen molar-refractivity contribution in [2.75, 3.05) is 31.2 Å². The minimum Gasteiger partial charge on any atom is -0.497 e. The van der Waals surface area contributed by atoms with E-state index in [2.05, 4.69) is 22.3 Å². The predicted molar refractivity (Wildman–Crippen MR) is 193 cm³/mol. The number of amides is 2. The molecule has 4 N–H and O–H groups in total. The lowest BCUT2D eigenvalue weighted by atomic mass is 9.99. The monoisotopic (exact) mass is 686 g/mol. The number of carbonyl (C=O) groups is 2. The maximum Gasteiger partial charge on any atom is 0.251 e. The van der Waals surface area contributed by atoms with Gasteiger partial charge in [-0.1, -0.05) is 72.8 Å². The number of nitrogens with zero attached hydrogens (tertiary/aromatic N) is 1. The fourth-order valence-electron chi connectivity index (χ4n) is 5.44. The van der Waals surface area contributed by atoms with E-state index in [1.54, 1.807) is 13.2 Å². The molecule has 0 bridgehead atoms. The average molecular weight is 687 g/mol. The molecule has 4 rings (SSSR count). The zero-order valence-corrected chi connectivity index (χ0v) is 29.4. The van der Waals surface area contributed by atoms with Crippen LogP contribution in [0.5, 0.6) is 5.75 Å². The Morgan fingerprint density at radius 1 is 0.816 bits per heavy atom. The second-order valence-electron chi connectivity index (χ2n) is 12.1. The molecule has 0 aliphatic carbocycles. The van der Waals surface area contributed by atoms with Crippen molar-refractivity contribution in [3.63, 3.8) is 0 Å². The first-order valence-electron chi connectivity index (χ1n) is 16.3. The van der Waals surface area contributed by atoms with Gasteiger partial charge in [0.15, 0.2) is 0 Å². The molecular weight excluding hydrogens is 641 g/mol. The Labute approximate surface area is 289 Å². The van der Waals surface area contributed by atoms with Crippen molar-refractivity contribution in [3.8, 4) is 5.75 Å². The van der Waals surface area contributed by atoms with Crippen LogP contribution in [0, 0.1) is 0 Å². The molecule has 4 aromatic rings. The molecule has 0 aliphatic rings. The number of aliphatic hydroxyl groups excluding tert-OH is 1. The molecule has 49 heavy (non-hydrogen) atoms. The SMILES string of the molecule is CCS(=O)(=O)Nc1cc(C(=O)N[C@@H](Cc2ccccc2)[C@H](O)CN(C)[C@@H](C)c2ccccc2)cc(C(=O)N[C@H](C)c2cccc(OC)c2)c1. The van der Waals surface area contributed by atoms with Crippen molar-refractivity contribution in [3.05, 3.63) is 131 Å². The van der Waals surface area contributed by atoms with Crippen LogP contribution in [0.2, 0.25) is 0 Å². The molecule has 0 radical (unpaired) electrons. The van der Waals surface area contributed by atoms with Gasteiger partial charge in [0.2, 0.25) is 10.0 Å². The summed E-state index contributed by atoms with van der Waals surface area (Å²) in [5.41, 5.74) is 3.04. The maximum absolute atomic E-state index is 13.9. The van der Waals surface area contributed by atoms with E-state index < -0.39 is 40.0 Å². The van der Waals surface area contributed by atoms with E-state index in [0.717, 1.165) is 16.7 Å². The summed E-state index contributed by atoms with van der Waals surface area (Å²) in [6.45, 7) is 5.63. The number of likely N-dealkylation sites (N-methyl/N-ethyl adjacent to an activating group) is 1. The van der Waals surface area contributed by atoms with Gasteiger partial charge in [-0.05, 0) is 81.3 Å². The van der Waals surface area contributed by atoms with E-state index in [-0.39, 0.29) is 35.2 Å². The van der Waals surface area contributed by atoms with Crippen LogP contribution in [0.1, 0.15) is 70.3 Å². The van der Waals surface area contributed by atoms with Crippen LogP contribution in [0.25, 0.3) is 0 Å². The standard InChI is InChI=1S/C38H46N4O6S/c1-6-49(46,47)41-33-22-31(37(44)39-26(2)30-18-13-19-34(24-30)48-5)21-32(23-33)38(45)40-35(20-28-14-9-7-10-15-28)36(43)25-42(4)27(3)29-16-11-8-12-17-29/h7-19,21-24,26-27,35-36,41,43H,6,20,25H2,1-5H3,(H,39,44)(H,40,45)/t26-,27+,35+,36-/m1/s1. The Bertz CT molecular complexity index is 1800. The molecule has 4 atom stereocenters. The van der Waals surface area contributed by atoms with Gasteiger partial charge < -0.3 is 20.5 Å². The number of ether oxygens (including phenoxy) is 1. The molecule has 11 heteroatoms. The first-order valence-corrected chi connectivity index (χ1v) is 17.9. The summed E-state index contributed by atoms with van der Waals surface area (Å²) in [6.07, 6.45) is -0.622. The molecule has 2 amide bonds. The lowest BCUT2D eigenvalue weighted by Crippen LogP contribution is -2.49. The van der Waals surface area contributed by atoms with Crippen molar-refractivity contribution < 1.29 is 27.9 Å². The molecule has 0 fully saturated rings. The van der Waals surface area contributed by atoms with Gasteiger partial charge in [-0.3, -0.25) is 19.2 Å². The van der Waals surface area contributed by atoms with Crippen molar-refractivity contribution >= 4 is 27.5 Å². The fraction of sp³-hybridized carbons (Fsp3) is 0.316. The largest absolute Gasteiger partial charge is 0.497 e. The van der Waals surface area contributed by atoms with E-state index in [9.17, 15) is 23.1 Å². The van der Waals surface area contributed by atoms with Gasteiger partial charge in [-0.15, -0.1) is 0 Å². The van der Waals surface area contributed by atoms with Crippen molar-refractivity contribution in [1.29, 1.82) is 0 Å². The molecule has 0 unspecified atom stereocenters. The fourth-order valence-corrected chi connectivity index (χ4v) is 6.07. The molecule has 0 aliphatic heterocycles. The van der Waals surface area contributed by atoms with Crippen LogP contribution in [0.15, 0.2) is 103 Å². The van der Waals surface area contributed by atoms with Crippen LogP contribution in [-0.4, -0.2) is 68.8 Å². The molecule has 0 spiro atoms. The minimum atomic E-state index is -3.73. The summed E-state index contributed by atoms with van der Waals surface area (Å²) in [5, 5.41) is 17.4. The van der Waals surface area contributed by atoms with E-state index >= 15 is 0 Å². The molecular formula is C38H46N4O6S. The van der Waals surface area contributed by atoms with Gasteiger partial charge in [0.25, 0.3) is 11.8 Å². The highest BCUT2D eigenvalue weighted by Gasteiger charge is 2.26. The lowest BCUT2D eigenvalue weighted by Gasteiger charge is -2.31. The van der Waals surface area contributed by atoms with Crippen molar-refractivity contribution in [2.24, 2.45) is 0 Å². The smallest absolute Gasteiger partial charge is 0.251 e. The van der Waals surface area contributed by atoms with E-state index in [1.807, 2.05) is 97.7 Å². The average Bonchev–Trinajstić information content (AvgIpc) is 3.11. The second-order valence-corrected chi connectivity index (χ2v) is 14.2. The number of methoxy groups -OCH3 is 1. The van der Waals surface area contributed by atoms with Crippen LogP contribution in [0.3, 0.4) is 0 Å². The number of nitrogens with one attached hydrogen (secondary N) is 3. The first kappa shape index (κ1) is 37.1. The summed E-state index contributed by atoms with van der Waals surface area (Å²) in [7, 11) is -0.246. The van der Waals surface area contributed by atoms with Gasteiger partial charge in [-0.25, -0.2) is 8.42 Å². The minimum absolute atomic E-state index is 0.00707. The number of benzene rings is 4. The number of hydrogen-bond acceptors (Lipinski definition) is 7. The molecule has 0 saturated carbocycles. The molecule has 0 heterocycles. The van der Waals surface area contributed by atoms with E-state index in [0.29, 0.717) is 12.2 Å². The number of sulfonamides is 1. The number of anilines is 1.